The van der Waals surface area contributed by atoms with E-state index in [0.717, 1.165) is 12.0 Å². The van der Waals surface area contributed by atoms with Crippen LogP contribution in [0.25, 0.3) is 0 Å². The molecule has 0 aromatic heterocycles. The molecule has 0 aliphatic rings. The maximum atomic E-state index is 10.5. The first-order valence-corrected chi connectivity index (χ1v) is 3.93. The lowest BCUT2D eigenvalue weighted by molar-refractivity contribution is -0.118. The minimum atomic E-state index is 0.000367. The van der Waals surface area contributed by atoms with Gasteiger partial charge in [-0.15, -0.1) is 0 Å². The predicted octanol–water partition coefficient (Wildman–Crippen LogP) is 0.802. The molecule has 68 valence electrons. The Balaban J connectivity index is 3.44. The van der Waals surface area contributed by atoms with Crippen molar-refractivity contribution in [2.45, 2.75) is 13.3 Å². The van der Waals surface area contributed by atoms with Crippen LogP contribution in [0.15, 0.2) is 24.4 Å². The Hall–Kier alpha value is -1.25. The van der Waals surface area contributed by atoms with E-state index in [1.54, 1.807) is 0 Å². The van der Waals surface area contributed by atoms with Gasteiger partial charge in [-0.1, -0.05) is 12.2 Å². The number of allylic oxidation sites excluding steroid dienone is 1. The zero-order chi connectivity index (χ0) is 9.40. The SMILES string of the molecule is C=C(/C=C\NC)CCNC(C)=O. The molecule has 0 bridgehead atoms. The predicted molar refractivity (Wildman–Crippen MR) is 50.6 cm³/mol. The van der Waals surface area contributed by atoms with Crippen molar-refractivity contribution >= 4 is 5.91 Å². The van der Waals surface area contributed by atoms with Crippen molar-refractivity contribution in [3.63, 3.8) is 0 Å². The molecule has 0 aliphatic heterocycles. The van der Waals surface area contributed by atoms with E-state index in [4.69, 9.17) is 0 Å². The monoisotopic (exact) mass is 168 g/mol. The fourth-order valence-corrected chi connectivity index (χ4v) is 0.684. The normalized spacial score (nSPS) is 9.83. The van der Waals surface area contributed by atoms with Crippen molar-refractivity contribution in [3.8, 4) is 0 Å². The first-order chi connectivity index (χ1) is 5.66. The molecule has 3 heteroatoms. The third-order valence-electron chi connectivity index (χ3n) is 1.31. The summed E-state index contributed by atoms with van der Waals surface area (Å²) in [6.45, 7) is 5.97. The van der Waals surface area contributed by atoms with Gasteiger partial charge in [0.1, 0.15) is 0 Å². The van der Waals surface area contributed by atoms with E-state index in [1.807, 2.05) is 19.3 Å². The Morgan fingerprint density at radius 2 is 2.25 bits per heavy atom. The van der Waals surface area contributed by atoms with Gasteiger partial charge >= 0.3 is 0 Å². The molecule has 0 radical (unpaired) electrons. The Morgan fingerprint density at radius 1 is 1.58 bits per heavy atom. The van der Waals surface area contributed by atoms with Crippen LogP contribution in [0.1, 0.15) is 13.3 Å². The van der Waals surface area contributed by atoms with Crippen LogP contribution in [0, 0.1) is 0 Å². The van der Waals surface area contributed by atoms with Gasteiger partial charge in [-0.2, -0.15) is 0 Å². The number of hydrogen-bond donors (Lipinski definition) is 2. The van der Waals surface area contributed by atoms with E-state index < -0.39 is 0 Å². The molecule has 0 heterocycles. The van der Waals surface area contributed by atoms with Gasteiger partial charge in [0.15, 0.2) is 0 Å². The smallest absolute Gasteiger partial charge is 0.216 e. The van der Waals surface area contributed by atoms with Crippen LogP contribution in [-0.4, -0.2) is 19.5 Å². The van der Waals surface area contributed by atoms with Gasteiger partial charge in [0.05, 0.1) is 0 Å². The second-order valence-corrected chi connectivity index (χ2v) is 2.51. The summed E-state index contributed by atoms with van der Waals surface area (Å²) in [6, 6.07) is 0. The van der Waals surface area contributed by atoms with E-state index in [1.165, 1.54) is 6.92 Å². The van der Waals surface area contributed by atoms with Crippen LogP contribution in [0.4, 0.5) is 0 Å². The zero-order valence-electron chi connectivity index (χ0n) is 7.68. The summed E-state index contributed by atoms with van der Waals surface area (Å²) in [7, 11) is 1.83. The van der Waals surface area contributed by atoms with Crippen molar-refractivity contribution in [3.05, 3.63) is 24.4 Å². The van der Waals surface area contributed by atoms with Crippen molar-refractivity contribution < 1.29 is 4.79 Å². The van der Waals surface area contributed by atoms with E-state index in [2.05, 4.69) is 17.2 Å². The lowest BCUT2D eigenvalue weighted by atomic mass is 10.2. The number of carbonyl (C=O) groups excluding carboxylic acids is 1. The Labute approximate surface area is 73.5 Å². The molecule has 2 N–H and O–H groups in total. The largest absolute Gasteiger partial charge is 0.394 e. The first kappa shape index (κ1) is 10.8. The van der Waals surface area contributed by atoms with Crippen molar-refractivity contribution in [1.82, 2.24) is 10.6 Å². The van der Waals surface area contributed by atoms with Crippen LogP contribution < -0.4 is 10.6 Å². The number of carbonyl (C=O) groups is 1. The number of hydrogen-bond acceptors (Lipinski definition) is 2. The summed E-state index contributed by atoms with van der Waals surface area (Å²) >= 11 is 0. The van der Waals surface area contributed by atoms with Crippen molar-refractivity contribution in [2.75, 3.05) is 13.6 Å². The molecule has 0 aromatic rings. The second-order valence-electron chi connectivity index (χ2n) is 2.51. The van der Waals surface area contributed by atoms with Gasteiger partial charge in [0, 0.05) is 20.5 Å². The lowest BCUT2D eigenvalue weighted by Gasteiger charge is -2.00. The minimum absolute atomic E-state index is 0.000367. The summed E-state index contributed by atoms with van der Waals surface area (Å²) in [5, 5.41) is 5.57. The van der Waals surface area contributed by atoms with Crippen molar-refractivity contribution in [2.24, 2.45) is 0 Å². The van der Waals surface area contributed by atoms with Gasteiger partial charge < -0.3 is 10.6 Å². The quantitative estimate of drug-likeness (QED) is 0.596. The molecular weight excluding hydrogens is 152 g/mol. The molecule has 0 aliphatic carbocycles. The van der Waals surface area contributed by atoms with Crippen LogP contribution in [0.5, 0.6) is 0 Å². The summed E-state index contributed by atoms with van der Waals surface area (Å²) in [5.41, 5.74) is 0.998. The summed E-state index contributed by atoms with van der Waals surface area (Å²) in [4.78, 5) is 10.5. The Morgan fingerprint density at radius 3 is 2.75 bits per heavy atom. The molecule has 0 aromatic carbocycles. The summed E-state index contributed by atoms with van der Waals surface area (Å²) in [5.74, 6) is 0.000367. The van der Waals surface area contributed by atoms with E-state index in [0.29, 0.717) is 6.54 Å². The maximum Gasteiger partial charge on any atom is 0.216 e. The first-order valence-electron chi connectivity index (χ1n) is 3.93. The summed E-state index contributed by atoms with van der Waals surface area (Å²) < 4.78 is 0. The van der Waals surface area contributed by atoms with Crippen LogP contribution in [-0.2, 0) is 4.79 Å². The number of amides is 1. The molecule has 12 heavy (non-hydrogen) atoms. The van der Waals surface area contributed by atoms with Gasteiger partial charge in [-0.3, -0.25) is 4.79 Å². The highest BCUT2D eigenvalue weighted by Gasteiger charge is 1.91. The third kappa shape index (κ3) is 6.86. The molecule has 3 nitrogen and oxygen atoms in total. The molecular formula is C9H16N2O. The Bertz CT molecular complexity index is 185. The van der Waals surface area contributed by atoms with Gasteiger partial charge in [-0.05, 0) is 18.7 Å². The van der Waals surface area contributed by atoms with Gasteiger partial charge in [0.25, 0.3) is 0 Å². The topological polar surface area (TPSA) is 41.1 Å². The highest BCUT2D eigenvalue weighted by molar-refractivity contribution is 5.72. The molecule has 0 unspecified atom stereocenters. The average molecular weight is 168 g/mol. The van der Waals surface area contributed by atoms with Crippen LogP contribution in [0.2, 0.25) is 0 Å². The maximum absolute atomic E-state index is 10.5. The van der Waals surface area contributed by atoms with Crippen LogP contribution in [0.3, 0.4) is 0 Å². The molecule has 0 atom stereocenters. The van der Waals surface area contributed by atoms with Crippen molar-refractivity contribution in [1.29, 1.82) is 0 Å². The average Bonchev–Trinajstić information content (AvgIpc) is 2.00. The molecule has 0 fully saturated rings. The second kappa shape index (κ2) is 6.46. The van der Waals surface area contributed by atoms with E-state index in [-0.39, 0.29) is 5.91 Å². The Kier molecular flexibility index (Phi) is 5.79. The van der Waals surface area contributed by atoms with Gasteiger partial charge in [0.2, 0.25) is 5.91 Å². The summed E-state index contributed by atoms with van der Waals surface area (Å²) in [6.07, 6.45) is 4.50. The zero-order valence-corrected chi connectivity index (χ0v) is 7.68. The lowest BCUT2D eigenvalue weighted by Crippen LogP contribution is -2.20. The van der Waals surface area contributed by atoms with E-state index in [9.17, 15) is 4.79 Å². The fourth-order valence-electron chi connectivity index (χ4n) is 0.684. The van der Waals surface area contributed by atoms with E-state index >= 15 is 0 Å². The molecule has 0 saturated carbocycles. The highest BCUT2D eigenvalue weighted by atomic mass is 16.1. The standard InChI is InChI=1S/C9H16N2O/c1-8(4-6-10-3)5-7-11-9(2)12/h4,6,10H,1,5,7H2,2-3H3,(H,11,12)/b6-4-. The molecule has 0 saturated heterocycles. The minimum Gasteiger partial charge on any atom is -0.394 e. The molecule has 0 spiro atoms. The number of rotatable bonds is 5. The highest BCUT2D eigenvalue weighted by Crippen LogP contribution is 1.96. The van der Waals surface area contributed by atoms with Crippen LogP contribution >= 0.6 is 0 Å². The molecule has 0 rings (SSSR count). The fraction of sp³-hybridized carbons (Fsp3) is 0.444. The number of nitrogens with one attached hydrogen (secondary N) is 2. The third-order valence-corrected chi connectivity index (χ3v) is 1.31. The molecule has 1 amide bonds. The van der Waals surface area contributed by atoms with Gasteiger partial charge in [-0.25, -0.2) is 0 Å².